The van der Waals surface area contributed by atoms with Crippen LogP contribution < -0.4 is 14.5 Å². The summed E-state index contributed by atoms with van der Waals surface area (Å²) in [6, 6.07) is 21.3. The molecule has 1 fully saturated rings. The number of benzene rings is 3. The Bertz CT molecular complexity index is 1290. The number of nitrogens with zero attached hydrogens (tertiary/aromatic N) is 2. The maximum absolute atomic E-state index is 13.4. The highest BCUT2D eigenvalue weighted by Gasteiger charge is 2.46. The average Bonchev–Trinajstić information content (AvgIpc) is 3.13. The Kier molecular flexibility index (Phi) is 7.15. The van der Waals surface area contributed by atoms with Gasteiger partial charge in [-0.25, -0.2) is 0 Å². The molecule has 0 aliphatic carbocycles. The third kappa shape index (κ3) is 4.85. The van der Waals surface area contributed by atoms with Crippen molar-refractivity contribution >= 4 is 28.8 Å². The number of Topliss-reactive ketones (excluding diaryl/α,β-unsaturated/α-hetero) is 1. The van der Waals surface area contributed by atoms with E-state index in [0.717, 1.165) is 22.6 Å². The van der Waals surface area contributed by atoms with Crippen molar-refractivity contribution in [1.82, 2.24) is 0 Å². The molecule has 0 saturated carbocycles. The molecule has 0 aromatic heterocycles. The van der Waals surface area contributed by atoms with Gasteiger partial charge >= 0.3 is 0 Å². The van der Waals surface area contributed by atoms with E-state index in [0.29, 0.717) is 23.8 Å². The van der Waals surface area contributed by atoms with Gasteiger partial charge in [-0.3, -0.25) is 14.5 Å². The van der Waals surface area contributed by atoms with E-state index in [9.17, 15) is 14.7 Å². The summed E-state index contributed by atoms with van der Waals surface area (Å²) >= 11 is 0. The maximum atomic E-state index is 13.4. The molecule has 1 amide bonds. The number of anilines is 2. The molecule has 4 rings (SSSR count). The monoisotopic (exact) mass is 484 g/mol. The normalized spacial score (nSPS) is 17.1. The molecule has 1 saturated heterocycles. The molecule has 0 radical (unpaired) electrons. The Morgan fingerprint density at radius 3 is 2.25 bits per heavy atom. The lowest BCUT2D eigenvalue weighted by atomic mass is 9.94. The van der Waals surface area contributed by atoms with Crippen molar-refractivity contribution in [2.75, 3.05) is 30.5 Å². The first-order valence-electron chi connectivity index (χ1n) is 12.1. The lowest BCUT2D eigenvalue weighted by Crippen LogP contribution is -2.29. The molecule has 36 heavy (non-hydrogen) atoms. The predicted molar refractivity (Wildman–Crippen MR) is 144 cm³/mol. The van der Waals surface area contributed by atoms with Crippen LogP contribution in [0.1, 0.15) is 36.6 Å². The molecule has 1 unspecified atom stereocenters. The number of hydrogen-bond acceptors (Lipinski definition) is 5. The Morgan fingerprint density at radius 2 is 1.67 bits per heavy atom. The van der Waals surface area contributed by atoms with Crippen LogP contribution in [0.25, 0.3) is 5.76 Å². The highest BCUT2D eigenvalue weighted by molar-refractivity contribution is 6.51. The number of amides is 1. The Hall–Kier alpha value is -4.06. The van der Waals surface area contributed by atoms with E-state index in [1.54, 1.807) is 30.3 Å². The molecular weight excluding hydrogens is 452 g/mol. The molecule has 3 aromatic rings. The number of carbonyl (C=O) groups is 2. The van der Waals surface area contributed by atoms with Crippen LogP contribution in [0.5, 0.6) is 5.75 Å². The number of carbonyl (C=O) groups excluding carboxylic acids is 2. The Balaban J connectivity index is 1.84. The highest BCUT2D eigenvalue weighted by Crippen LogP contribution is 2.42. The van der Waals surface area contributed by atoms with Gasteiger partial charge in [0, 0.05) is 31.0 Å². The first-order valence-corrected chi connectivity index (χ1v) is 12.1. The summed E-state index contributed by atoms with van der Waals surface area (Å²) in [5, 5.41) is 11.4. The summed E-state index contributed by atoms with van der Waals surface area (Å²) in [5.41, 5.74) is 3.68. The molecule has 186 valence electrons. The van der Waals surface area contributed by atoms with Crippen LogP contribution in [0, 0.1) is 12.8 Å². The molecule has 1 heterocycles. The summed E-state index contributed by atoms with van der Waals surface area (Å²) in [5.74, 6) is -0.480. The largest absolute Gasteiger partial charge is 0.507 e. The summed E-state index contributed by atoms with van der Waals surface area (Å²) in [7, 11) is 3.89. The zero-order valence-corrected chi connectivity index (χ0v) is 21.4. The molecular formula is C30H32N2O4. The fraction of sp³-hybridized carbons (Fsp3) is 0.267. The fourth-order valence-corrected chi connectivity index (χ4v) is 4.33. The zero-order valence-electron chi connectivity index (χ0n) is 21.4. The van der Waals surface area contributed by atoms with E-state index < -0.39 is 17.7 Å². The van der Waals surface area contributed by atoms with Crippen molar-refractivity contribution in [3.8, 4) is 5.75 Å². The number of aliphatic hydroxyl groups is 1. The minimum Gasteiger partial charge on any atom is -0.507 e. The summed E-state index contributed by atoms with van der Waals surface area (Å²) in [4.78, 5) is 30.1. The van der Waals surface area contributed by atoms with Gasteiger partial charge < -0.3 is 14.7 Å². The number of aliphatic hydroxyl groups excluding tert-OH is 1. The van der Waals surface area contributed by atoms with Gasteiger partial charge in [0.25, 0.3) is 11.7 Å². The quantitative estimate of drug-likeness (QED) is 0.264. The van der Waals surface area contributed by atoms with Crippen molar-refractivity contribution < 1.29 is 19.4 Å². The molecule has 1 aliphatic heterocycles. The Morgan fingerprint density at radius 1 is 1.00 bits per heavy atom. The summed E-state index contributed by atoms with van der Waals surface area (Å²) in [6.45, 7) is 6.63. The fourth-order valence-electron chi connectivity index (χ4n) is 4.33. The van der Waals surface area contributed by atoms with Crippen molar-refractivity contribution in [1.29, 1.82) is 0 Å². The van der Waals surface area contributed by atoms with Crippen molar-refractivity contribution in [2.45, 2.75) is 26.8 Å². The van der Waals surface area contributed by atoms with Crippen LogP contribution in [0.4, 0.5) is 11.4 Å². The van der Waals surface area contributed by atoms with Gasteiger partial charge in [-0.1, -0.05) is 44.2 Å². The second kappa shape index (κ2) is 10.3. The number of ketones is 1. The maximum Gasteiger partial charge on any atom is 0.300 e. The smallest absolute Gasteiger partial charge is 0.300 e. The first-order chi connectivity index (χ1) is 17.2. The average molecular weight is 485 g/mol. The molecule has 0 spiro atoms. The van der Waals surface area contributed by atoms with Gasteiger partial charge in [0.15, 0.2) is 0 Å². The predicted octanol–water partition coefficient (Wildman–Crippen LogP) is 5.72. The topological polar surface area (TPSA) is 70.1 Å². The molecule has 6 nitrogen and oxygen atoms in total. The van der Waals surface area contributed by atoms with E-state index in [-0.39, 0.29) is 11.3 Å². The number of ether oxygens (including phenoxy) is 1. The molecule has 1 atom stereocenters. The van der Waals surface area contributed by atoms with Crippen LogP contribution >= 0.6 is 0 Å². The number of aryl methyl sites for hydroxylation is 1. The standard InChI is InChI=1S/C30H32N2O4/c1-19(2)18-36-25-16-13-22(17-20(25)3)28(33)26-27(21-11-14-23(15-12-21)31(4)5)32(30(35)29(26)34)24-9-7-6-8-10-24/h6-17,19,27,33H,18H2,1-5H3/b28-26-. The van der Waals surface area contributed by atoms with E-state index >= 15 is 0 Å². The number of rotatable bonds is 7. The van der Waals surface area contributed by atoms with E-state index in [4.69, 9.17) is 4.74 Å². The van der Waals surface area contributed by atoms with Crippen LogP contribution in [-0.2, 0) is 9.59 Å². The molecule has 3 aromatic carbocycles. The lowest BCUT2D eigenvalue weighted by Gasteiger charge is -2.26. The van der Waals surface area contributed by atoms with E-state index in [1.807, 2.05) is 68.4 Å². The summed E-state index contributed by atoms with van der Waals surface area (Å²) in [6.07, 6.45) is 0. The summed E-state index contributed by atoms with van der Waals surface area (Å²) < 4.78 is 5.86. The van der Waals surface area contributed by atoms with Crippen molar-refractivity contribution in [3.63, 3.8) is 0 Å². The van der Waals surface area contributed by atoms with Crippen LogP contribution in [0.2, 0.25) is 0 Å². The van der Waals surface area contributed by atoms with Gasteiger partial charge in [0.2, 0.25) is 0 Å². The molecule has 1 N–H and O–H groups in total. The van der Waals surface area contributed by atoms with Crippen LogP contribution in [0.3, 0.4) is 0 Å². The SMILES string of the molecule is Cc1cc(/C(O)=C2/C(=O)C(=O)N(c3ccccc3)C2c2ccc(N(C)C)cc2)ccc1OCC(C)C. The van der Waals surface area contributed by atoms with Crippen molar-refractivity contribution in [2.24, 2.45) is 5.92 Å². The third-order valence-electron chi connectivity index (χ3n) is 6.22. The van der Waals surface area contributed by atoms with Gasteiger partial charge in [0.05, 0.1) is 18.2 Å². The van der Waals surface area contributed by atoms with Gasteiger partial charge in [-0.15, -0.1) is 0 Å². The van der Waals surface area contributed by atoms with Gasteiger partial charge in [-0.05, 0) is 66.4 Å². The number of hydrogen-bond donors (Lipinski definition) is 1. The molecule has 0 bridgehead atoms. The molecule has 1 aliphatic rings. The highest BCUT2D eigenvalue weighted by atomic mass is 16.5. The number of para-hydroxylation sites is 1. The second-order valence-corrected chi connectivity index (χ2v) is 9.68. The first kappa shape index (κ1) is 25.0. The van der Waals surface area contributed by atoms with E-state index in [1.165, 1.54) is 4.90 Å². The van der Waals surface area contributed by atoms with E-state index in [2.05, 4.69) is 13.8 Å². The van der Waals surface area contributed by atoms with Crippen LogP contribution in [-0.4, -0.2) is 37.5 Å². The minimum atomic E-state index is -0.763. The zero-order chi connectivity index (χ0) is 26.0. The van der Waals surface area contributed by atoms with Gasteiger partial charge in [-0.2, -0.15) is 0 Å². The van der Waals surface area contributed by atoms with Crippen LogP contribution in [0.15, 0.2) is 78.4 Å². The second-order valence-electron chi connectivity index (χ2n) is 9.68. The van der Waals surface area contributed by atoms with Crippen molar-refractivity contribution in [3.05, 3.63) is 95.1 Å². The third-order valence-corrected chi connectivity index (χ3v) is 6.22. The Labute approximate surface area is 212 Å². The minimum absolute atomic E-state index is 0.0664. The van der Waals surface area contributed by atoms with Gasteiger partial charge in [0.1, 0.15) is 11.5 Å². The molecule has 6 heteroatoms. The lowest BCUT2D eigenvalue weighted by molar-refractivity contribution is -0.132.